The highest BCUT2D eigenvalue weighted by molar-refractivity contribution is 9.10. The molecule has 0 aliphatic heterocycles. The second-order valence-corrected chi connectivity index (χ2v) is 3.05. The van der Waals surface area contributed by atoms with Crippen molar-refractivity contribution in [2.75, 3.05) is 0 Å². The van der Waals surface area contributed by atoms with Gasteiger partial charge < -0.3 is 5.73 Å². The highest BCUT2D eigenvalue weighted by atomic mass is 79.9. The Morgan fingerprint density at radius 3 is 2.67 bits per heavy atom. The number of benzene rings is 1. The normalized spacial score (nSPS) is 9.83. The Morgan fingerprint density at radius 1 is 1.58 bits per heavy atom. The van der Waals surface area contributed by atoms with Crippen molar-refractivity contribution in [3.05, 3.63) is 38.3 Å². The minimum atomic E-state index is -0.438. The average Bonchev–Trinajstić information content (AvgIpc) is 2.03. The van der Waals surface area contributed by atoms with E-state index in [0.29, 0.717) is 10.0 Å². The van der Waals surface area contributed by atoms with Gasteiger partial charge in [0.2, 0.25) is 0 Å². The van der Waals surface area contributed by atoms with Crippen molar-refractivity contribution in [2.24, 2.45) is 5.73 Å². The molecular formula is C7H7BrN2O2. The molecule has 1 aromatic carbocycles. The standard InChI is InChI=1S/C7H7BrN2O2/c8-6-2-1-3-7(10(11)12)5(6)4-9/h1-3H,4,9H2. The number of hydrogen-bond donors (Lipinski definition) is 1. The molecule has 0 aliphatic carbocycles. The van der Waals surface area contributed by atoms with Crippen LogP contribution in [0.5, 0.6) is 0 Å². The van der Waals surface area contributed by atoms with Crippen LogP contribution in [-0.4, -0.2) is 4.92 Å². The number of halogens is 1. The van der Waals surface area contributed by atoms with Gasteiger partial charge >= 0.3 is 0 Å². The van der Waals surface area contributed by atoms with Gasteiger partial charge in [0.25, 0.3) is 5.69 Å². The maximum Gasteiger partial charge on any atom is 0.275 e. The van der Waals surface area contributed by atoms with Gasteiger partial charge in [0.1, 0.15) is 0 Å². The summed E-state index contributed by atoms with van der Waals surface area (Å²) >= 11 is 3.19. The topological polar surface area (TPSA) is 69.2 Å². The first-order valence-corrected chi connectivity index (χ1v) is 4.08. The highest BCUT2D eigenvalue weighted by Gasteiger charge is 2.13. The van der Waals surface area contributed by atoms with Crippen LogP contribution in [0.15, 0.2) is 22.7 Å². The molecule has 0 spiro atoms. The molecule has 4 nitrogen and oxygen atoms in total. The summed E-state index contributed by atoms with van der Waals surface area (Å²) in [6, 6.07) is 4.78. The van der Waals surface area contributed by atoms with Crippen molar-refractivity contribution >= 4 is 21.6 Å². The highest BCUT2D eigenvalue weighted by Crippen LogP contribution is 2.25. The van der Waals surface area contributed by atoms with E-state index in [1.54, 1.807) is 12.1 Å². The summed E-state index contributed by atoms with van der Waals surface area (Å²) in [7, 11) is 0. The molecule has 0 saturated carbocycles. The molecule has 12 heavy (non-hydrogen) atoms. The zero-order valence-electron chi connectivity index (χ0n) is 6.16. The predicted octanol–water partition coefficient (Wildman–Crippen LogP) is 1.82. The summed E-state index contributed by atoms with van der Waals surface area (Å²) < 4.78 is 0.680. The molecular weight excluding hydrogens is 224 g/mol. The van der Waals surface area contributed by atoms with Gasteiger partial charge in [-0.05, 0) is 6.07 Å². The molecule has 0 aromatic heterocycles. The molecule has 0 atom stereocenters. The van der Waals surface area contributed by atoms with Crippen molar-refractivity contribution in [3.63, 3.8) is 0 Å². The Labute approximate surface area is 77.7 Å². The third-order valence-electron chi connectivity index (χ3n) is 1.49. The summed E-state index contributed by atoms with van der Waals surface area (Å²) in [6.07, 6.45) is 0. The fraction of sp³-hybridized carbons (Fsp3) is 0.143. The SMILES string of the molecule is NCc1c(Br)cccc1[N+](=O)[O-]. The molecule has 0 bridgehead atoms. The number of nitrogens with two attached hydrogens (primary N) is 1. The van der Waals surface area contributed by atoms with Gasteiger partial charge in [-0.15, -0.1) is 0 Å². The maximum atomic E-state index is 10.5. The van der Waals surface area contributed by atoms with E-state index in [1.165, 1.54) is 6.07 Å². The van der Waals surface area contributed by atoms with E-state index >= 15 is 0 Å². The van der Waals surface area contributed by atoms with Crippen LogP contribution in [0.1, 0.15) is 5.56 Å². The van der Waals surface area contributed by atoms with Crippen molar-refractivity contribution in [3.8, 4) is 0 Å². The van der Waals surface area contributed by atoms with Gasteiger partial charge in [-0.3, -0.25) is 10.1 Å². The number of nitro benzene ring substituents is 1. The monoisotopic (exact) mass is 230 g/mol. The van der Waals surface area contributed by atoms with Gasteiger partial charge in [0, 0.05) is 17.1 Å². The Bertz CT molecular complexity index is 314. The van der Waals surface area contributed by atoms with Crippen LogP contribution in [0.2, 0.25) is 0 Å². The number of nitro groups is 1. The number of nitrogens with zero attached hydrogens (tertiary/aromatic N) is 1. The summed E-state index contributed by atoms with van der Waals surface area (Å²) in [5.74, 6) is 0. The fourth-order valence-electron chi connectivity index (χ4n) is 0.920. The minimum absolute atomic E-state index is 0.0619. The molecule has 5 heteroatoms. The zero-order valence-corrected chi connectivity index (χ0v) is 7.74. The van der Waals surface area contributed by atoms with E-state index in [4.69, 9.17) is 5.73 Å². The Kier molecular flexibility index (Phi) is 2.78. The third-order valence-corrected chi connectivity index (χ3v) is 2.24. The Balaban J connectivity index is 3.27. The fourth-order valence-corrected chi connectivity index (χ4v) is 1.44. The van der Waals surface area contributed by atoms with Crippen LogP contribution in [-0.2, 0) is 6.54 Å². The van der Waals surface area contributed by atoms with Gasteiger partial charge in [-0.1, -0.05) is 22.0 Å². The molecule has 0 aliphatic rings. The van der Waals surface area contributed by atoms with Crippen LogP contribution in [0, 0.1) is 10.1 Å². The first-order valence-electron chi connectivity index (χ1n) is 3.28. The molecule has 1 aromatic rings. The minimum Gasteiger partial charge on any atom is -0.326 e. The smallest absolute Gasteiger partial charge is 0.275 e. The Hall–Kier alpha value is -0.940. The van der Waals surface area contributed by atoms with Crippen molar-refractivity contribution < 1.29 is 4.92 Å². The second kappa shape index (κ2) is 3.64. The summed E-state index contributed by atoms with van der Waals surface area (Å²) in [5, 5.41) is 10.5. The largest absolute Gasteiger partial charge is 0.326 e. The lowest BCUT2D eigenvalue weighted by molar-refractivity contribution is -0.385. The first-order chi connectivity index (χ1) is 5.66. The molecule has 0 fully saturated rings. The Morgan fingerprint density at radius 2 is 2.25 bits per heavy atom. The third kappa shape index (κ3) is 1.62. The molecule has 0 unspecified atom stereocenters. The average molecular weight is 231 g/mol. The van der Waals surface area contributed by atoms with Crippen molar-refractivity contribution in [1.82, 2.24) is 0 Å². The lowest BCUT2D eigenvalue weighted by Gasteiger charge is -2.00. The van der Waals surface area contributed by atoms with Crippen molar-refractivity contribution in [2.45, 2.75) is 6.54 Å². The van der Waals surface area contributed by atoms with E-state index in [9.17, 15) is 10.1 Å². The quantitative estimate of drug-likeness (QED) is 0.623. The van der Waals surface area contributed by atoms with E-state index in [0.717, 1.165) is 0 Å². The van der Waals surface area contributed by atoms with Crippen LogP contribution < -0.4 is 5.73 Å². The van der Waals surface area contributed by atoms with Gasteiger partial charge in [-0.25, -0.2) is 0 Å². The van der Waals surface area contributed by atoms with Gasteiger partial charge in [0.05, 0.1) is 10.5 Å². The van der Waals surface area contributed by atoms with E-state index in [-0.39, 0.29) is 12.2 Å². The molecule has 64 valence electrons. The number of hydrogen-bond acceptors (Lipinski definition) is 3. The summed E-state index contributed by atoms with van der Waals surface area (Å²) in [4.78, 5) is 10.0. The summed E-state index contributed by atoms with van der Waals surface area (Å²) in [6.45, 7) is 0.164. The van der Waals surface area contributed by atoms with E-state index in [2.05, 4.69) is 15.9 Å². The van der Waals surface area contributed by atoms with Crippen molar-refractivity contribution in [1.29, 1.82) is 0 Å². The van der Waals surface area contributed by atoms with Crippen LogP contribution >= 0.6 is 15.9 Å². The first kappa shape index (κ1) is 9.15. The molecule has 1 rings (SSSR count). The zero-order chi connectivity index (χ0) is 9.14. The van der Waals surface area contributed by atoms with E-state index in [1.807, 2.05) is 0 Å². The molecule has 2 N–H and O–H groups in total. The maximum absolute atomic E-state index is 10.5. The van der Waals surface area contributed by atoms with Gasteiger partial charge in [-0.2, -0.15) is 0 Å². The molecule has 0 amide bonds. The predicted molar refractivity (Wildman–Crippen MR) is 48.7 cm³/mol. The van der Waals surface area contributed by atoms with Gasteiger partial charge in [0.15, 0.2) is 0 Å². The lowest BCUT2D eigenvalue weighted by Crippen LogP contribution is -2.02. The van der Waals surface area contributed by atoms with Crippen LogP contribution in [0.3, 0.4) is 0 Å². The molecule has 0 radical (unpaired) electrons. The lowest BCUT2D eigenvalue weighted by atomic mass is 10.2. The molecule has 0 heterocycles. The van der Waals surface area contributed by atoms with E-state index < -0.39 is 4.92 Å². The summed E-state index contributed by atoms with van der Waals surface area (Å²) in [5.41, 5.74) is 5.95. The number of rotatable bonds is 2. The van der Waals surface area contributed by atoms with Crippen LogP contribution in [0.25, 0.3) is 0 Å². The second-order valence-electron chi connectivity index (χ2n) is 2.20. The molecule has 0 saturated heterocycles. The van der Waals surface area contributed by atoms with Crippen LogP contribution in [0.4, 0.5) is 5.69 Å².